The smallest absolute Gasteiger partial charge is 0.0931 e. The normalized spacial score (nSPS) is 14.4. The Morgan fingerprint density at radius 2 is 1.83 bits per heavy atom. The maximum atomic E-state index is 6.09. The monoisotopic (exact) mass is 377 g/mol. The van der Waals surface area contributed by atoms with Crippen LogP contribution in [0, 0.1) is 0 Å². The minimum absolute atomic E-state index is 0.746. The van der Waals surface area contributed by atoms with E-state index >= 15 is 0 Å². The van der Waals surface area contributed by atoms with Crippen LogP contribution in [0.4, 0.5) is 0 Å². The van der Waals surface area contributed by atoms with Crippen molar-refractivity contribution in [2.45, 2.75) is 19.4 Å². The molecule has 0 bridgehead atoms. The molecule has 1 aliphatic heterocycles. The van der Waals surface area contributed by atoms with Crippen molar-refractivity contribution < 1.29 is 0 Å². The van der Waals surface area contributed by atoms with Crippen molar-refractivity contribution >= 4 is 34.5 Å². The van der Waals surface area contributed by atoms with Gasteiger partial charge in [-0.15, -0.1) is 11.3 Å². The van der Waals surface area contributed by atoms with Gasteiger partial charge in [-0.3, -0.25) is 4.68 Å². The zero-order valence-electron chi connectivity index (χ0n) is 13.1. The molecule has 1 aromatic carbocycles. The summed E-state index contributed by atoms with van der Waals surface area (Å²) in [7, 11) is 0. The summed E-state index contributed by atoms with van der Waals surface area (Å²) in [6, 6.07) is 12.1. The molecule has 6 heteroatoms. The van der Waals surface area contributed by atoms with Crippen LogP contribution in [0.2, 0.25) is 9.36 Å². The maximum absolute atomic E-state index is 6.09. The predicted molar refractivity (Wildman–Crippen MR) is 101 cm³/mol. The van der Waals surface area contributed by atoms with Crippen LogP contribution in [0.3, 0.4) is 0 Å². The number of hydrogen-bond acceptors (Lipinski definition) is 3. The molecule has 0 saturated heterocycles. The first-order valence-electron chi connectivity index (χ1n) is 8.00. The fourth-order valence-corrected chi connectivity index (χ4v) is 4.38. The molecule has 0 radical (unpaired) electrons. The molecule has 0 amide bonds. The largest absolute Gasteiger partial charge is 0.316 e. The number of nitrogens with zero attached hydrogens (tertiary/aromatic N) is 2. The molecule has 0 fully saturated rings. The van der Waals surface area contributed by atoms with E-state index in [9.17, 15) is 0 Å². The van der Waals surface area contributed by atoms with Gasteiger partial charge in [0, 0.05) is 34.0 Å². The highest BCUT2D eigenvalue weighted by molar-refractivity contribution is 7.16. The second-order valence-electron chi connectivity index (χ2n) is 5.89. The Labute approximate surface area is 155 Å². The second-order valence-corrected chi connectivity index (χ2v) is 8.13. The van der Waals surface area contributed by atoms with Crippen LogP contribution >= 0.6 is 34.5 Å². The van der Waals surface area contributed by atoms with Crippen LogP contribution in [-0.2, 0) is 19.4 Å². The summed E-state index contributed by atoms with van der Waals surface area (Å²) in [6.07, 6.45) is 1.96. The van der Waals surface area contributed by atoms with Crippen LogP contribution in [0.25, 0.3) is 11.3 Å². The zero-order chi connectivity index (χ0) is 16.5. The molecule has 3 nitrogen and oxygen atoms in total. The van der Waals surface area contributed by atoms with Gasteiger partial charge in [0.25, 0.3) is 0 Å². The molecular formula is C18H17Cl2N3S. The molecular weight excluding hydrogens is 361 g/mol. The highest BCUT2D eigenvalue weighted by Crippen LogP contribution is 2.31. The predicted octanol–water partition coefficient (Wildman–Crippen LogP) is 4.65. The van der Waals surface area contributed by atoms with E-state index in [1.165, 1.54) is 21.8 Å². The van der Waals surface area contributed by atoms with E-state index in [4.69, 9.17) is 28.3 Å². The average Bonchev–Trinajstić information content (AvgIpc) is 3.04. The van der Waals surface area contributed by atoms with E-state index in [2.05, 4.69) is 28.2 Å². The topological polar surface area (TPSA) is 29.9 Å². The lowest BCUT2D eigenvalue weighted by Crippen LogP contribution is -2.17. The summed E-state index contributed by atoms with van der Waals surface area (Å²) in [5.41, 5.74) is 4.92. The van der Waals surface area contributed by atoms with Gasteiger partial charge in [-0.1, -0.05) is 35.3 Å². The molecule has 2 aromatic heterocycles. The molecule has 1 N–H and O–H groups in total. The molecule has 3 heterocycles. The van der Waals surface area contributed by atoms with Gasteiger partial charge >= 0.3 is 0 Å². The number of fused-ring (bicyclic) bond motifs is 1. The third kappa shape index (κ3) is 3.24. The number of nitrogens with one attached hydrogen (secondary N) is 1. The maximum Gasteiger partial charge on any atom is 0.0931 e. The second kappa shape index (κ2) is 6.89. The SMILES string of the molecule is Clc1ccc(-c2c3c(nn2Cc2ccc(Cl)s2)CCNCC3)cc1. The summed E-state index contributed by atoms with van der Waals surface area (Å²) in [5, 5.41) is 9.13. The van der Waals surface area contributed by atoms with Crippen molar-refractivity contribution in [1.29, 1.82) is 0 Å². The van der Waals surface area contributed by atoms with Crippen molar-refractivity contribution in [2.75, 3.05) is 13.1 Å². The molecule has 0 spiro atoms. The van der Waals surface area contributed by atoms with Gasteiger partial charge in [-0.2, -0.15) is 5.10 Å². The lowest BCUT2D eigenvalue weighted by molar-refractivity contribution is 0.659. The first kappa shape index (κ1) is 16.2. The fraction of sp³-hybridized carbons (Fsp3) is 0.278. The fourth-order valence-electron chi connectivity index (χ4n) is 3.19. The van der Waals surface area contributed by atoms with Crippen LogP contribution in [-0.4, -0.2) is 22.9 Å². The molecule has 0 saturated carbocycles. The third-order valence-electron chi connectivity index (χ3n) is 4.28. The number of hydrogen-bond donors (Lipinski definition) is 1. The van der Waals surface area contributed by atoms with Crippen LogP contribution < -0.4 is 5.32 Å². The first-order valence-corrected chi connectivity index (χ1v) is 9.57. The lowest BCUT2D eigenvalue weighted by Gasteiger charge is -2.10. The van der Waals surface area contributed by atoms with Crippen LogP contribution in [0.5, 0.6) is 0 Å². The van der Waals surface area contributed by atoms with Crippen LogP contribution in [0.1, 0.15) is 16.1 Å². The number of aromatic nitrogens is 2. The molecule has 0 unspecified atom stereocenters. The minimum atomic E-state index is 0.746. The molecule has 0 atom stereocenters. The van der Waals surface area contributed by atoms with Gasteiger partial charge < -0.3 is 5.32 Å². The Balaban J connectivity index is 1.81. The summed E-state index contributed by atoms with van der Waals surface area (Å²) in [6.45, 7) is 2.72. The van der Waals surface area contributed by atoms with Gasteiger partial charge in [0.1, 0.15) is 0 Å². The van der Waals surface area contributed by atoms with Gasteiger partial charge in [-0.25, -0.2) is 0 Å². The summed E-state index contributed by atoms with van der Waals surface area (Å²) < 4.78 is 2.94. The molecule has 3 aromatic rings. The van der Waals surface area contributed by atoms with Crippen molar-refractivity contribution in [2.24, 2.45) is 0 Å². The molecule has 24 heavy (non-hydrogen) atoms. The average molecular weight is 378 g/mol. The van der Waals surface area contributed by atoms with E-state index in [1.807, 2.05) is 18.2 Å². The molecule has 124 valence electrons. The van der Waals surface area contributed by atoms with Gasteiger partial charge in [0.15, 0.2) is 0 Å². The van der Waals surface area contributed by atoms with Gasteiger partial charge in [0.05, 0.1) is 22.3 Å². The zero-order valence-corrected chi connectivity index (χ0v) is 15.4. The Kier molecular flexibility index (Phi) is 4.63. The van der Waals surface area contributed by atoms with Gasteiger partial charge in [-0.05, 0) is 37.2 Å². The molecule has 0 aliphatic carbocycles. The summed E-state index contributed by atoms with van der Waals surface area (Å²) in [5.74, 6) is 0. The lowest BCUT2D eigenvalue weighted by atomic mass is 10.0. The summed E-state index contributed by atoms with van der Waals surface area (Å²) in [4.78, 5) is 1.21. The highest BCUT2D eigenvalue weighted by Gasteiger charge is 2.21. The van der Waals surface area contributed by atoms with Crippen molar-refractivity contribution in [3.05, 3.63) is 61.9 Å². The van der Waals surface area contributed by atoms with Crippen LogP contribution in [0.15, 0.2) is 36.4 Å². The Morgan fingerprint density at radius 3 is 2.58 bits per heavy atom. The first-order chi connectivity index (χ1) is 11.7. The van der Waals surface area contributed by atoms with Gasteiger partial charge in [0.2, 0.25) is 0 Å². The van der Waals surface area contributed by atoms with E-state index in [1.54, 1.807) is 11.3 Å². The number of rotatable bonds is 3. The van der Waals surface area contributed by atoms with Crippen molar-refractivity contribution in [3.63, 3.8) is 0 Å². The quantitative estimate of drug-likeness (QED) is 0.719. The Bertz CT molecular complexity index is 852. The third-order valence-corrected chi connectivity index (χ3v) is 5.74. The van der Waals surface area contributed by atoms with E-state index in [-0.39, 0.29) is 0 Å². The van der Waals surface area contributed by atoms with E-state index < -0.39 is 0 Å². The van der Waals surface area contributed by atoms with E-state index in [0.29, 0.717) is 0 Å². The van der Waals surface area contributed by atoms with Crippen molar-refractivity contribution in [1.82, 2.24) is 15.1 Å². The molecule has 1 aliphatic rings. The highest BCUT2D eigenvalue weighted by atomic mass is 35.5. The number of halogens is 2. The number of thiophene rings is 1. The minimum Gasteiger partial charge on any atom is -0.316 e. The molecule has 4 rings (SSSR count). The van der Waals surface area contributed by atoms with E-state index in [0.717, 1.165) is 47.4 Å². The number of benzene rings is 1. The Morgan fingerprint density at radius 1 is 1.04 bits per heavy atom. The van der Waals surface area contributed by atoms with Crippen molar-refractivity contribution in [3.8, 4) is 11.3 Å². The summed E-state index contributed by atoms with van der Waals surface area (Å²) >= 11 is 13.8. The Hall–Kier alpha value is -1.33. The standard InChI is InChI=1S/C18H17Cl2N3S/c19-13-3-1-12(2-4-13)18-15-7-9-21-10-8-16(15)22-23(18)11-14-5-6-17(20)24-14/h1-6,21H,7-11H2.